The minimum atomic E-state index is -4.65. The van der Waals surface area contributed by atoms with Gasteiger partial charge in [0.2, 0.25) is 10.4 Å². The molecule has 0 aliphatic heterocycles. The average molecular weight is 392 g/mol. The Morgan fingerprint density at radius 1 is 1.00 bits per heavy atom. The van der Waals surface area contributed by atoms with Crippen molar-refractivity contribution in [2.75, 3.05) is 0 Å². The van der Waals surface area contributed by atoms with Crippen LogP contribution in [-0.4, -0.2) is 24.9 Å². The third kappa shape index (κ3) is 3.37. The minimum absolute atomic E-state index is 0. The fraction of sp³-hybridized carbons (Fsp3) is 0.947. The third-order valence-electron chi connectivity index (χ3n) is 8.63. The van der Waals surface area contributed by atoms with E-state index >= 15 is 0 Å². The van der Waals surface area contributed by atoms with Crippen LogP contribution < -0.4 is 29.6 Å². The van der Waals surface area contributed by atoms with Crippen molar-refractivity contribution in [3.8, 4) is 0 Å². The zero-order chi connectivity index (χ0) is 18.0. The Hall–Kier alpha value is 0.540. The molecule has 0 aromatic heterocycles. The van der Waals surface area contributed by atoms with Crippen molar-refractivity contribution in [2.45, 2.75) is 77.7 Å². The van der Waals surface area contributed by atoms with E-state index in [4.69, 9.17) is 4.18 Å². The first-order valence-corrected chi connectivity index (χ1v) is 11.1. The Morgan fingerprint density at radius 3 is 2.38 bits per heavy atom. The van der Waals surface area contributed by atoms with Crippen LogP contribution in [-0.2, 0) is 19.4 Å². The van der Waals surface area contributed by atoms with Crippen molar-refractivity contribution in [1.29, 1.82) is 0 Å². The number of fused-ring (bicyclic) bond motifs is 5. The molecule has 0 bridgehead atoms. The molecule has 0 amide bonds. The first-order chi connectivity index (χ1) is 11.6. The zero-order valence-corrected chi connectivity index (χ0v) is 19.0. The largest absolute Gasteiger partial charge is 1.00 e. The van der Waals surface area contributed by atoms with Gasteiger partial charge < -0.3 is 4.55 Å². The number of Topliss-reactive ketones (excluding diaryl/α,β-unsaturated/α-hetero) is 1. The SMILES string of the molecule is C[C@]12CCC(=O)C[C@@H]1CC[C@@H]1[C@@H]2CC[C@]2(C)[C@H](OS(=O)(=O)[O-])CC[C@@H]12.[Na+]. The van der Waals surface area contributed by atoms with E-state index in [2.05, 4.69) is 13.8 Å². The molecule has 4 fully saturated rings. The first-order valence-electron chi connectivity index (χ1n) is 9.79. The maximum Gasteiger partial charge on any atom is 1.00 e. The smallest absolute Gasteiger partial charge is 0.726 e. The van der Waals surface area contributed by atoms with Crippen LogP contribution in [0, 0.1) is 34.5 Å². The van der Waals surface area contributed by atoms with Gasteiger partial charge in [0.25, 0.3) is 0 Å². The molecule has 0 aromatic rings. The summed E-state index contributed by atoms with van der Waals surface area (Å²) in [6, 6.07) is 0. The van der Waals surface area contributed by atoms with Gasteiger partial charge in [0.05, 0.1) is 6.10 Å². The third-order valence-corrected chi connectivity index (χ3v) is 9.10. The van der Waals surface area contributed by atoms with Gasteiger partial charge >= 0.3 is 29.6 Å². The van der Waals surface area contributed by atoms with Gasteiger partial charge in [-0.05, 0) is 79.4 Å². The predicted molar refractivity (Wildman–Crippen MR) is 91.3 cm³/mol. The summed E-state index contributed by atoms with van der Waals surface area (Å²) in [7, 11) is -4.65. The molecule has 142 valence electrons. The molecule has 5 nitrogen and oxygen atoms in total. The molecule has 0 radical (unpaired) electrons. The molecule has 0 aromatic carbocycles. The first kappa shape index (κ1) is 21.3. The van der Waals surface area contributed by atoms with Crippen LogP contribution in [0.25, 0.3) is 0 Å². The monoisotopic (exact) mass is 392 g/mol. The van der Waals surface area contributed by atoms with Crippen molar-refractivity contribution in [3.05, 3.63) is 0 Å². The van der Waals surface area contributed by atoms with Crippen LogP contribution >= 0.6 is 0 Å². The van der Waals surface area contributed by atoms with Gasteiger partial charge in [-0.25, -0.2) is 8.42 Å². The van der Waals surface area contributed by atoms with Crippen LogP contribution in [0.15, 0.2) is 0 Å². The van der Waals surface area contributed by atoms with Crippen LogP contribution in [0.2, 0.25) is 0 Å². The summed E-state index contributed by atoms with van der Waals surface area (Å²) in [5.74, 6) is 2.59. The van der Waals surface area contributed by atoms with Crippen molar-refractivity contribution < 1.29 is 51.5 Å². The Morgan fingerprint density at radius 2 is 1.69 bits per heavy atom. The molecule has 4 aliphatic rings. The van der Waals surface area contributed by atoms with E-state index in [1.54, 1.807) is 0 Å². The fourth-order valence-corrected chi connectivity index (χ4v) is 7.90. The number of carbonyl (C=O) groups is 1. The second-order valence-corrected chi connectivity index (χ2v) is 10.5. The molecule has 7 atom stereocenters. The van der Waals surface area contributed by atoms with E-state index in [9.17, 15) is 17.8 Å². The van der Waals surface area contributed by atoms with E-state index in [0.29, 0.717) is 35.9 Å². The van der Waals surface area contributed by atoms with Crippen molar-refractivity contribution in [2.24, 2.45) is 34.5 Å². The van der Waals surface area contributed by atoms with Gasteiger partial charge in [-0.1, -0.05) is 13.8 Å². The summed E-state index contributed by atoms with van der Waals surface area (Å²) in [6.45, 7) is 4.53. The molecule has 4 saturated carbocycles. The fourth-order valence-electron chi connectivity index (χ4n) is 7.30. The molecule has 0 N–H and O–H groups in total. The molecule has 0 spiro atoms. The summed E-state index contributed by atoms with van der Waals surface area (Å²) in [5.41, 5.74) is 0.0496. The van der Waals surface area contributed by atoms with Gasteiger partial charge in [0.15, 0.2) is 0 Å². The maximum atomic E-state index is 11.9. The van der Waals surface area contributed by atoms with Crippen molar-refractivity contribution >= 4 is 16.2 Å². The van der Waals surface area contributed by atoms with Gasteiger partial charge in [0.1, 0.15) is 5.78 Å². The normalized spacial score (nSPS) is 48.1. The molecule has 0 saturated heterocycles. The molecule has 0 unspecified atom stereocenters. The Balaban J connectivity index is 0.00000196. The van der Waals surface area contributed by atoms with Crippen molar-refractivity contribution in [3.63, 3.8) is 0 Å². The molecule has 4 aliphatic carbocycles. The average Bonchev–Trinajstić information content (AvgIpc) is 2.83. The summed E-state index contributed by atoms with van der Waals surface area (Å²) < 4.78 is 38.4. The van der Waals surface area contributed by atoms with Gasteiger partial charge in [-0.2, -0.15) is 0 Å². The molecule has 7 heteroatoms. The Labute approximate surface area is 179 Å². The Bertz CT molecular complexity index is 679. The Kier molecular flexibility index (Phi) is 5.80. The van der Waals surface area contributed by atoms with Gasteiger partial charge in [-0.3, -0.25) is 8.98 Å². The summed E-state index contributed by atoms with van der Waals surface area (Å²) in [4.78, 5) is 11.9. The van der Waals surface area contributed by atoms with Crippen LogP contribution in [0.4, 0.5) is 0 Å². The van der Waals surface area contributed by atoms with E-state index in [1.165, 1.54) is 0 Å². The topological polar surface area (TPSA) is 83.5 Å². The summed E-state index contributed by atoms with van der Waals surface area (Å²) in [6.07, 6.45) is 7.89. The number of hydrogen-bond acceptors (Lipinski definition) is 5. The van der Waals surface area contributed by atoms with E-state index in [1.807, 2.05) is 0 Å². The molecular weight excluding hydrogens is 363 g/mol. The van der Waals surface area contributed by atoms with Crippen LogP contribution in [0.3, 0.4) is 0 Å². The standard InChI is InChI=1S/C19H30O5S.Na/c1-18-9-7-13(20)11-12(18)3-4-14-15-5-6-17(24-25(21,22)23)19(15,2)10-8-16(14)18;/h12,14-17H,3-11H2,1-2H3,(H,21,22,23);/q;+1/p-1/t12-,14-,15-,16-,17+,18-,19-;/m0./s1. The second-order valence-electron chi connectivity index (χ2n) is 9.51. The van der Waals surface area contributed by atoms with E-state index in [-0.39, 0.29) is 40.4 Å². The predicted octanol–water partition coefficient (Wildman–Crippen LogP) is 0.448. The molecular formula is C19H29NaO5S. The van der Waals surface area contributed by atoms with Crippen LogP contribution in [0.5, 0.6) is 0 Å². The zero-order valence-electron chi connectivity index (χ0n) is 16.2. The minimum Gasteiger partial charge on any atom is -0.726 e. The summed E-state index contributed by atoms with van der Waals surface area (Å²) >= 11 is 0. The van der Waals surface area contributed by atoms with Crippen LogP contribution in [0.1, 0.15) is 71.6 Å². The summed E-state index contributed by atoms with van der Waals surface area (Å²) in [5, 5.41) is 0. The number of ketones is 1. The molecule has 4 rings (SSSR count). The quantitative estimate of drug-likeness (QED) is 0.387. The van der Waals surface area contributed by atoms with Gasteiger partial charge in [-0.15, -0.1) is 0 Å². The molecule has 0 heterocycles. The molecule has 26 heavy (non-hydrogen) atoms. The number of carbonyl (C=O) groups excluding carboxylic acids is 1. The van der Waals surface area contributed by atoms with Gasteiger partial charge in [0, 0.05) is 12.8 Å². The number of hydrogen-bond donors (Lipinski definition) is 0. The second kappa shape index (κ2) is 7.10. The van der Waals surface area contributed by atoms with E-state index in [0.717, 1.165) is 51.4 Å². The maximum absolute atomic E-state index is 11.9. The number of rotatable bonds is 2. The van der Waals surface area contributed by atoms with Crippen molar-refractivity contribution in [1.82, 2.24) is 0 Å². The van der Waals surface area contributed by atoms with E-state index < -0.39 is 16.5 Å².